The largest absolute Gasteiger partial charge is 0.381 e. The number of nitrogens with one attached hydrogen (secondary N) is 1. The number of rotatable bonds is 0. The van der Waals surface area contributed by atoms with Crippen LogP contribution in [0.1, 0.15) is 0 Å². The van der Waals surface area contributed by atoms with Gasteiger partial charge in [-0.1, -0.05) is 0 Å². The van der Waals surface area contributed by atoms with Gasteiger partial charge >= 0.3 is 0 Å². The predicted molar refractivity (Wildman–Crippen MR) is 36.7 cm³/mol. The molecule has 0 aromatic heterocycles. The summed E-state index contributed by atoms with van der Waals surface area (Å²) in [6, 6.07) is 0. The third kappa shape index (κ3) is 0.957. The molecule has 0 bridgehead atoms. The van der Waals surface area contributed by atoms with Crippen LogP contribution in [0, 0.1) is 0 Å². The molecule has 0 saturated heterocycles. The second-order valence-corrected chi connectivity index (χ2v) is 2.61. The maximum absolute atomic E-state index is 10.3. The quantitative estimate of drug-likeness (QED) is 0.333. The second-order valence-electron chi connectivity index (χ2n) is 1.70. The van der Waals surface area contributed by atoms with Crippen LogP contribution in [0.3, 0.4) is 0 Å². The summed E-state index contributed by atoms with van der Waals surface area (Å²) in [7, 11) is -2.38. The van der Waals surface area contributed by atoms with Crippen LogP contribution >= 0.6 is 0 Å². The lowest BCUT2D eigenvalue weighted by Crippen LogP contribution is -2.40. The minimum Gasteiger partial charge on any atom is -0.381 e. The molecule has 0 radical (unpaired) electrons. The summed E-state index contributed by atoms with van der Waals surface area (Å²) in [5.41, 5.74) is 12.7. The monoisotopic (exact) mass is 162 g/mol. The van der Waals surface area contributed by atoms with Crippen molar-refractivity contribution in [1.29, 1.82) is 0 Å². The maximum Gasteiger partial charge on any atom is 0.224 e. The van der Waals surface area contributed by atoms with Crippen LogP contribution in [0.5, 0.6) is 0 Å². The number of amidine groups is 1. The molecule has 0 fully saturated rings. The topological polar surface area (TPSA) is 111 Å². The van der Waals surface area contributed by atoms with E-state index in [4.69, 9.17) is 11.5 Å². The van der Waals surface area contributed by atoms with Gasteiger partial charge in [0.2, 0.25) is 10.3 Å². The van der Waals surface area contributed by atoms with Crippen molar-refractivity contribution >= 4 is 21.0 Å². The molecule has 56 valence electrons. The molecule has 0 aliphatic carbocycles. The molecule has 1 heterocycles. The van der Waals surface area contributed by atoms with Crippen LogP contribution in [0.15, 0.2) is 5.10 Å². The number of hydrogen-bond donors (Lipinski definition) is 3. The summed E-state index contributed by atoms with van der Waals surface area (Å²) in [5.74, 6) is -0.0687. The second kappa shape index (κ2) is 2.27. The average Bonchev–Trinajstić information content (AvgIpc) is 2.11. The first-order chi connectivity index (χ1) is 4.63. The summed E-state index contributed by atoms with van der Waals surface area (Å²) < 4.78 is 20.6. The lowest BCUT2D eigenvalue weighted by Gasteiger charge is -1.97. The van der Waals surface area contributed by atoms with Crippen molar-refractivity contribution in [3.63, 3.8) is 0 Å². The van der Waals surface area contributed by atoms with E-state index in [0.717, 1.165) is 0 Å². The Bertz CT molecular complexity index is 294. The average molecular weight is 162 g/mol. The highest BCUT2D eigenvalue weighted by molar-refractivity contribution is 7.75. The van der Waals surface area contributed by atoms with Crippen molar-refractivity contribution < 1.29 is 8.42 Å². The highest BCUT2D eigenvalue weighted by atomic mass is 32.2. The van der Waals surface area contributed by atoms with Crippen molar-refractivity contribution in [3.05, 3.63) is 0 Å². The standard InChI is InChI=1S/C3H6N4O2S/c4-2-1(10(8)9)3(5)7-6-2/h2,6H,4H2,(H2,5,7). The van der Waals surface area contributed by atoms with Gasteiger partial charge in [0.25, 0.3) is 0 Å². The lowest BCUT2D eigenvalue weighted by molar-refractivity contribution is 0.625. The molecule has 5 N–H and O–H groups in total. The van der Waals surface area contributed by atoms with Gasteiger partial charge < -0.3 is 11.5 Å². The van der Waals surface area contributed by atoms with Crippen molar-refractivity contribution in [3.8, 4) is 0 Å². The molecule has 1 unspecified atom stereocenters. The van der Waals surface area contributed by atoms with Crippen LogP contribution in [0.2, 0.25) is 0 Å². The zero-order chi connectivity index (χ0) is 7.72. The fourth-order valence-corrected chi connectivity index (χ4v) is 1.08. The van der Waals surface area contributed by atoms with E-state index in [-0.39, 0.29) is 10.7 Å². The van der Waals surface area contributed by atoms with E-state index in [9.17, 15) is 8.42 Å². The summed E-state index contributed by atoms with van der Waals surface area (Å²) in [6.07, 6.45) is -0.793. The Kier molecular flexibility index (Phi) is 1.60. The minimum absolute atomic E-state index is 0.0687. The molecule has 1 rings (SSSR count). The van der Waals surface area contributed by atoms with E-state index >= 15 is 0 Å². The first kappa shape index (κ1) is 7.03. The summed E-state index contributed by atoms with van der Waals surface area (Å²) in [5, 5.41) is 3.41. The van der Waals surface area contributed by atoms with Gasteiger partial charge in [-0.2, -0.15) is 13.5 Å². The van der Waals surface area contributed by atoms with Crippen molar-refractivity contribution in [2.24, 2.45) is 16.6 Å². The number of nitrogens with two attached hydrogens (primary N) is 2. The Hall–Kier alpha value is -1.08. The molecule has 0 saturated carbocycles. The third-order valence-electron chi connectivity index (χ3n) is 1.04. The molecule has 0 aromatic rings. The summed E-state index contributed by atoms with van der Waals surface area (Å²) in [6.45, 7) is 0. The smallest absolute Gasteiger partial charge is 0.224 e. The molecule has 10 heavy (non-hydrogen) atoms. The normalized spacial score (nSPS) is 23.9. The highest BCUT2D eigenvalue weighted by Crippen LogP contribution is 1.88. The van der Waals surface area contributed by atoms with Gasteiger partial charge in [-0.25, -0.2) is 0 Å². The van der Waals surface area contributed by atoms with Gasteiger partial charge in [0.15, 0.2) is 10.7 Å². The Morgan fingerprint density at radius 3 is 2.40 bits per heavy atom. The van der Waals surface area contributed by atoms with Gasteiger partial charge in [0.1, 0.15) is 6.17 Å². The van der Waals surface area contributed by atoms with Crippen molar-refractivity contribution in [2.45, 2.75) is 6.17 Å². The van der Waals surface area contributed by atoms with Gasteiger partial charge in [-0.3, -0.25) is 5.43 Å². The summed E-state index contributed by atoms with van der Waals surface area (Å²) >= 11 is 0. The zero-order valence-electron chi connectivity index (χ0n) is 4.90. The predicted octanol–water partition coefficient (Wildman–Crippen LogP) is -2.80. The third-order valence-corrected chi connectivity index (χ3v) is 1.86. The first-order valence-electron chi connectivity index (χ1n) is 2.43. The Labute approximate surface area is 58.4 Å². The molecular weight excluding hydrogens is 156 g/mol. The van der Waals surface area contributed by atoms with Gasteiger partial charge in [-0.15, -0.1) is 0 Å². The molecule has 0 amide bonds. The fourth-order valence-electron chi connectivity index (χ4n) is 0.601. The number of nitrogens with zero attached hydrogens (tertiary/aromatic N) is 1. The molecule has 0 aromatic carbocycles. The minimum atomic E-state index is -2.38. The van der Waals surface area contributed by atoms with Crippen molar-refractivity contribution in [2.75, 3.05) is 0 Å². The molecule has 1 atom stereocenters. The van der Waals surface area contributed by atoms with Crippen molar-refractivity contribution in [1.82, 2.24) is 5.43 Å². The van der Waals surface area contributed by atoms with Gasteiger partial charge in [0, 0.05) is 0 Å². The first-order valence-corrected chi connectivity index (χ1v) is 3.51. The molecule has 1 aliphatic rings. The maximum atomic E-state index is 10.3. The highest BCUT2D eigenvalue weighted by Gasteiger charge is 2.22. The summed E-state index contributed by atoms with van der Waals surface area (Å²) in [4.78, 5) is -0.0833. The SMILES string of the molecule is NC1=NNC(N)C1=S(=O)=O. The van der Waals surface area contributed by atoms with Crippen LogP contribution in [-0.4, -0.2) is 25.3 Å². The van der Waals surface area contributed by atoms with E-state index in [1.807, 2.05) is 0 Å². The molecule has 6 nitrogen and oxygen atoms in total. The molecule has 7 heteroatoms. The lowest BCUT2D eigenvalue weighted by atomic mass is 10.3. The van der Waals surface area contributed by atoms with E-state index in [1.54, 1.807) is 0 Å². The Balaban J connectivity index is 3.20. The van der Waals surface area contributed by atoms with Gasteiger partial charge in [-0.05, 0) is 0 Å². The van der Waals surface area contributed by atoms with Crippen LogP contribution in [0.25, 0.3) is 0 Å². The molecular formula is C3H6N4O2S. The van der Waals surface area contributed by atoms with Crippen LogP contribution in [-0.2, 0) is 10.3 Å². The van der Waals surface area contributed by atoms with Gasteiger partial charge in [0.05, 0.1) is 0 Å². The van der Waals surface area contributed by atoms with E-state index < -0.39 is 16.5 Å². The molecule has 0 spiro atoms. The Morgan fingerprint density at radius 2 is 2.20 bits per heavy atom. The molecule has 1 aliphatic heterocycles. The van der Waals surface area contributed by atoms with E-state index in [2.05, 4.69) is 10.5 Å². The fraction of sp³-hybridized carbons (Fsp3) is 0.333. The number of hydrazone groups is 1. The van der Waals surface area contributed by atoms with E-state index in [0.29, 0.717) is 0 Å². The van der Waals surface area contributed by atoms with Crippen LogP contribution in [0.4, 0.5) is 0 Å². The Morgan fingerprint density at radius 1 is 1.60 bits per heavy atom. The zero-order valence-corrected chi connectivity index (χ0v) is 5.72. The number of hydrogen-bond acceptors (Lipinski definition) is 6. The van der Waals surface area contributed by atoms with Crippen LogP contribution < -0.4 is 16.9 Å². The van der Waals surface area contributed by atoms with E-state index in [1.165, 1.54) is 0 Å².